The molecule has 0 aliphatic carbocycles. The molecule has 0 heterocycles. The van der Waals surface area contributed by atoms with E-state index < -0.39 is 0 Å². The van der Waals surface area contributed by atoms with Crippen LogP contribution in [0.3, 0.4) is 0 Å². The van der Waals surface area contributed by atoms with Crippen LogP contribution in [-0.4, -0.2) is 31.0 Å². The number of hydrogen-bond donors (Lipinski definition) is 2. The Labute approximate surface area is 115 Å². The molecular formula is C13H19BrFNO2. The molecule has 0 fully saturated rings. The summed E-state index contributed by atoms with van der Waals surface area (Å²) in [5, 5.41) is 12.3. The molecule has 0 aromatic heterocycles. The quantitative estimate of drug-likeness (QED) is 0.811. The molecule has 0 aliphatic rings. The highest BCUT2D eigenvalue weighted by Gasteiger charge is 2.23. The second-order valence-corrected chi connectivity index (χ2v) is 5.47. The minimum atomic E-state index is -0.363. The maximum absolute atomic E-state index is 13.6. The molecule has 3 nitrogen and oxygen atoms in total. The van der Waals surface area contributed by atoms with Crippen LogP contribution in [0.4, 0.5) is 4.39 Å². The van der Waals surface area contributed by atoms with E-state index in [9.17, 15) is 4.39 Å². The number of halogens is 2. The number of ether oxygens (including phenoxy) is 1. The largest absolute Gasteiger partial charge is 0.396 e. The molecule has 0 radical (unpaired) electrons. The van der Waals surface area contributed by atoms with Gasteiger partial charge in [-0.15, -0.1) is 0 Å². The number of hydrogen-bond acceptors (Lipinski definition) is 3. The van der Waals surface area contributed by atoms with Crippen molar-refractivity contribution in [3.8, 4) is 0 Å². The maximum Gasteiger partial charge on any atom is 0.127 e. The van der Waals surface area contributed by atoms with Gasteiger partial charge in [-0.2, -0.15) is 0 Å². The molecule has 5 heteroatoms. The van der Waals surface area contributed by atoms with Crippen LogP contribution in [-0.2, 0) is 11.3 Å². The van der Waals surface area contributed by atoms with Crippen LogP contribution in [0.15, 0.2) is 22.7 Å². The second kappa shape index (κ2) is 7.19. The zero-order chi connectivity index (χ0) is 13.6. The van der Waals surface area contributed by atoms with Crippen LogP contribution in [0.1, 0.15) is 18.9 Å². The van der Waals surface area contributed by atoms with Crippen LogP contribution < -0.4 is 5.32 Å². The van der Waals surface area contributed by atoms with Crippen molar-refractivity contribution in [2.75, 3.05) is 20.3 Å². The van der Waals surface area contributed by atoms with Crippen molar-refractivity contribution < 1.29 is 14.2 Å². The van der Waals surface area contributed by atoms with Crippen molar-refractivity contribution in [1.29, 1.82) is 0 Å². The van der Waals surface area contributed by atoms with E-state index in [0.29, 0.717) is 25.1 Å². The Morgan fingerprint density at radius 1 is 1.50 bits per heavy atom. The molecule has 1 unspecified atom stereocenters. The van der Waals surface area contributed by atoms with E-state index in [2.05, 4.69) is 21.2 Å². The SMILES string of the molecule is COCC(C)(CCO)NCc1cc(Br)ccc1F. The predicted octanol–water partition coefficient (Wildman–Crippen LogP) is 2.47. The lowest BCUT2D eigenvalue weighted by molar-refractivity contribution is 0.0967. The molecule has 0 saturated heterocycles. The highest BCUT2D eigenvalue weighted by atomic mass is 79.9. The highest BCUT2D eigenvalue weighted by Crippen LogP contribution is 2.17. The van der Waals surface area contributed by atoms with Gasteiger partial charge in [-0.1, -0.05) is 15.9 Å². The van der Waals surface area contributed by atoms with E-state index in [-0.39, 0.29) is 18.0 Å². The molecule has 1 rings (SSSR count). The smallest absolute Gasteiger partial charge is 0.127 e. The van der Waals surface area contributed by atoms with Crippen molar-refractivity contribution in [3.63, 3.8) is 0 Å². The first-order valence-electron chi connectivity index (χ1n) is 5.79. The third-order valence-corrected chi connectivity index (χ3v) is 3.33. The van der Waals surface area contributed by atoms with Gasteiger partial charge in [-0.05, 0) is 31.5 Å². The van der Waals surface area contributed by atoms with Crippen molar-refractivity contribution in [2.24, 2.45) is 0 Å². The summed E-state index contributed by atoms with van der Waals surface area (Å²) in [6, 6.07) is 4.84. The molecule has 0 aliphatic heterocycles. The van der Waals surface area contributed by atoms with Crippen LogP contribution in [0.25, 0.3) is 0 Å². The monoisotopic (exact) mass is 319 g/mol. The Morgan fingerprint density at radius 2 is 2.22 bits per heavy atom. The zero-order valence-electron chi connectivity index (χ0n) is 10.7. The summed E-state index contributed by atoms with van der Waals surface area (Å²) < 4.78 is 19.5. The van der Waals surface area contributed by atoms with Gasteiger partial charge in [0.1, 0.15) is 5.82 Å². The van der Waals surface area contributed by atoms with Crippen LogP contribution in [0.2, 0.25) is 0 Å². The van der Waals surface area contributed by atoms with Gasteiger partial charge in [0.25, 0.3) is 0 Å². The molecule has 102 valence electrons. The summed E-state index contributed by atoms with van der Waals surface area (Å²) in [5.41, 5.74) is 0.225. The third kappa shape index (κ3) is 4.65. The summed E-state index contributed by atoms with van der Waals surface area (Å²) in [6.07, 6.45) is 0.552. The minimum absolute atomic E-state index is 0.0633. The van der Waals surface area contributed by atoms with E-state index in [1.54, 1.807) is 19.2 Å². The molecule has 1 aromatic carbocycles. The Morgan fingerprint density at radius 3 is 2.83 bits per heavy atom. The van der Waals surface area contributed by atoms with Gasteiger partial charge < -0.3 is 15.2 Å². The van der Waals surface area contributed by atoms with E-state index in [1.165, 1.54) is 6.07 Å². The van der Waals surface area contributed by atoms with Crippen LogP contribution in [0.5, 0.6) is 0 Å². The fraction of sp³-hybridized carbons (Fsp3) is 0.538. The van der Waals surface area contributed by atoms with Gasteiger partial charge >= 0.3 is 0 Å². The molecule has 2 N–H and O–H groups in total. The lowest BCUT2D eigenvalue weighted by Gasteiger charge is -2.29. The average Bonchev–Trinajstić information content (AvgIpc) is 2.31. The first-order chi connectivity index (χ1) is 8.50. The van der Waals surface area contributed by atoms with E-state index in [1.807, 2.05) is 6.92 Å². The van der Waals surface area contributed by atoms with Crippen molar-refractivity contribution >= 4 is 15.9 Å². The first-order valence-corrected chi connectivity index (χ1v) is 6.59. The standard InChI is InChI=1S/C13H19BrFNO2/c1-13(5-6-17,9-18-2)16-8-10-7-11(14)3-4-12(10)15/h3-4,7,16-17H,5-6,8-9H2,1-2H3. The van der Waals surface area contributed by atoms with E-state index >= 15 is 0 Å². The predicted molar refractivity (Wildman–Crippen MR) is 72.9 cm³/mol. The molecule has 18 heavy (non-hydrogen) atoms. The summed E-state index contributed by atoms with van der Waals surface area (Å²) in [6.45, 7) is 2.87. The zero-order valence-corrected chi connectivity index (χ0v) is 12.3. The number of aliphatic hydroxyl groups excluding tert-OH is 1. The third-order valence-electron chi connectivity index (χ3n) is 2.84. The summed E-state index contributed by atoms with van der Waals surface area (Å²) in [4.78, 5) is 0. The first kappa shape index (κ1) is 15.6. The number of rotatable bonds is 7. The van der Waals surface area contributed by atoms with Gasteiger partial charge in [0.2, 0.25) is 0 Å². The fourth-order valence-corrected chi connectivity index (χ4v) is 2.17. The van der Waals surface area contributed by atoms with E-state index in [0.717, 1.165) is 4.47 Å². The van der Waals surface area contributed by atoms with Crippen molar-refractivity contribution in [3.05, 3.63) is 34.1 Å². The maximum atomic E-state index is 13.6. The highest BCUT2D eigenvalue weighted by molar-refractivity contribution is 9.10. The van der Waals surface area contributed by atoms with Gasteiger partial charge in [0, 0.05) is 35.8 Å². The molecule has 0 saturated carbocycles. The molecule has 0 amide bonds. The fourth-order valence-electron chi connectivity index (χ4n) is 1.76. The molecule has 0 spiro atoms. The summed E-state index contributed by atoms with van der Waals surface area (Å²) >= 11 is 3.32. The number of methoxy groups -OCH3 is 1. The Kier molecular flexibility index (Phi) is 6.21. The normalized spacial score (nSPS) is 14.5. The van der Waals surface area contributed by atoms with Crippen molar-refractivity contribution in [2.45, 2.75) is 25.4 Å². The number of benzene rings is 1. The van der Waals surface area contributed by atoms with E-state index in [4.69, 9.17) is 9.84 Å². The molecule has 1 atom stereocenters. The van der Waals surface area contributed by atoms with Crippen LogP contribution >= 0.6 is 15.9 Å². The van der Waals surface area contributed by atoms with Gasteiger partial charge in [0.05, 0.1) is 6.61 Å². The summed E-state index contributed by atoms with van der Waals surface area (Å²) in [5.74, 6) is -0.241. The second-order valence-electron chi connectivity index (χ2n) is 4.56. The average molecular weight is 320 g/mol. The Hall–Kier alpha value is -0.490. The summed E-state index contributed by atoms with van der Waals surface area (Å²) in [7, 11) is 1.61. The van der Waals surface area contributed by atoms with Gasteiger partial charge in [-0.3, -0.25) is 0 Å². The Bertz CT molecular complexity index is 381. The number of nitrogens with one attached hydrogen (secondary N) is 1. The minimum Gasteiger partial charge on any atom is -0.396 e. The van der Waals surface area contributed by atoms with Crippen molar-refractivity contribution in [1.82, 2.24) is 5.32 Å². The number of aliphatic hydroxyl groups is 1. The topological polar surface area (TPSA) is 41.5 Å². The lowest BCUT2D eigenvalue weighted by Crippen LogP contribution is -2.46. The molecule has 0 bridgehead atoms. The molecule has 1 aromatic rings. The van der Waals surface area contributed by atoms with Gasteiger partial charge in [0.15, 0.2) is 0 Å². The lowest BCUT2D eigenvalue weighted by atomic mass is 9.99. The van der Waals surface area contributed by atoms with Crippen LogP contribution in [0, 0.1) is 5.82 Å². The van der Waals surface area contributed by atoms with Gasteiger partial charge in [-0.25, -0.2) is 4.39 Å². The molecular weight excluding hydrogens is 301 g/mol. The Balaban J connectivity index is 2.69.